The minimum atomic E-state index is 0. The van der Waals surface area contributed by atoms with E-state index in [1.165, 1.54) is 12.8 Å². The van der Waals surface area contributed by atoms with Crippen molar-refractivity contribution in [2.75, 3.05) is 6.54 Å². The molecule has 0 bridgehead atoms. The molecule has 1 rings (SSSR count). The minimum absolute atomic E-state index is 0. The van der Waals surface area contributed by atoms with E-state index in [0.29, 0.717) is 5.54 Å². The van der Waals surface area contributed by atoms with Crippen LogP contribution >= 0.6 is 0 Å². The average molecular weight is 167 g/mol. The van der Waals surface area contributed by atoms with Crippen LogP contribution in [-0.4, -0.2) is 12.1 Å². The van der Waals surface area contributed by atoms with E-state index >= 15 is 0 Å². The van der Waals surface area contributed by atoms with Gasteiger partial charge in [-0.2, -0.15) is 0 Å². The van der Waals surface area contributed by atoms with Crippen molar-refractivity contribution in [3.05, 3.63) is 5.32 Å². The summed E-state index contributed by atoms with van der Waals surface area (Å²) in [6, 6.07) is 0. The first kappa shape index (κ1) is 14.1. The van der Waals surface area contributed by atoms with E-state index in [-0.39, 0.29) is 51.4 Å². The summed E-state index contributed by atoms with van der Waals surface area (Å²) in [6.45, 7) is 9.48. The molecule has 1 aliphatic heterocycles. The van der Waals surface area contributed by atoms with Crippen LogP contribution in [0.5, 0.6) is 0 Å². The van der Waals surface area contributed by atoms with Crippen LogP contribution in [0.4, 0.5) is 0 Å². The van der Waals surface area contributed by atoms with Gasteiger partial charge >= 0.3 is 51.4 Å². The molecule has 0 aromatic rings. The van der Waals surface area contributed by atoms with E-state index in [1.54, 1.807) is 0 Å². The molecule has 0 aliphatic carbocycles. The van der Waals surface area contributed by atoms with Crippen molar-refractivity contribution in [1.82, 2.24) is 0 Å². The Kier molecular flexibility index (Phi) is 10.3. The molecule has 2 heteroatoms. The normalized spacial score (nSPS) is 20.4. The van der Waals surface area contributed by atoms with Crippen molar-refractivity contribution in [3.8, 4) is 0 Å². The fraction of sp³-hybridized carbons (Fsp3) is 1.00. The van der Waals surface area contributed by atoms with Gasteiger partial charge in [0.05, 0.1) is 0 Å². The summed E-state index contributed by atoms with van der Waals surface area (Å²) in [4.78, 5) is 0. The molecule has 0 spiro atoms. The van der Waals surface area contributed by atoms with Gasteiger partial charge in [-0.1, -0.05) is 40.5 Å². The molecular formula is C8H18KN. The molecule has 10 heavy (non-hydrogen) atoms. The first-order chi connectivity index (χ1) is 4.21. The third kappa shape index (κ3) is 6.32. The number of hydrogen-bond acceptors (Lipinski definition) is 0. The summed E-state index contributed by atoms with van der Waals surface area (Å²) >= 11 is 0. The van der Waals surface area contributed by atoms with Crippen LogP contribution in [0.2, 0.25) is 0 Å². The second-order valence-corrected chi connectivity index (χ2v) is 2.80. The zero-order valence-corrected chi connectivity index (χ0v) is 11.2. The van der Waals surface area contributed by atoms with Crippen LogP contribution in [0.15, 0.2) is 0 Å². The standard InChI is InChI=1S/C6H12N.C2H6.K/c1-6(2)4-3-5-7-6;1-2;/h3-5H2,1-2H3;1-2H3;/q-1;;+1. The zero-order chi connectivity index (χ0) is 7.33. The van der Waals surface area contributed by atoms with Gasteiger partial charge in [0.2, 0.25) is 0 Å². The Morgan fingerprint density at radius 3 is 1.80 bits per heavy atom. The molecule has 0 N–H and O–H groups in total. The predicted molar refractivity (Wildman–Crippen MR) is 42.9 cm³/mol. The van der Waals surface area contributed by atoms with Crippen molar-refractivity contribution < 1.29 is 51.4 Å². The number of nitrogens with zero attached hydrogens (tertiary/aromatic N) is 1. The van der Waals surface area contributed by atoms with Crippen molar-refractivity contribution in [2.24, 2.45) is 0 Å². The summed E-state index contributed by atoms with van der Waals surface area (Å²) < 4.78 is 0. The summed E-state index contributed by atoms with van der Waals surface area (Å²) in [5.74, 6) is 0. The van der Waals surface area contributed by atoms with Gasteiger partial charge in [0.1, 0.15) is 0 Å². The molecule has 1 heterocycles. The Balaban J connectivity index is 0. The van der Waals surface area contributed by atoms with Crippen LogP contribution in [0.3, 0.4) is 0 Å². The molecule has 1 aliphatic rings. The maximum atomic E-state index is 4.37. The topological polar surface area (TPSA) is 14.1 Å². The summed E-state index contributed by atoms with van der Waals surface area (Å²) in [6.07, 6.45) is 2.58. The van der Waals surface area contributed by atoms with Crippen LogP contribution in [0.1, 0.15) is 40.5 Å². The van der Waals surface area contributed by atoms with Crippen molar-refractivity contribution in [3.63, 3.8) is 0 Å². The van der Waals surface area contributed by atoms with Gasteiger partial charge in [-0.15, -0.1) is 12.1 Å². The fourth-order valence-electron chi connectivity index (χ4n) is 0.972. The first-order valence-electron chi connectivity index (χ1n) is 3.89. The van der Waals surface area contributed by atoms with Crippen LogP contribution < -0.4 is 51.4 Å². The molecule has 0 amide bonds. The smallest absolute Gasteiger partial charge is 0.657 e. The zero-order valence-electron chi connectivity index (χ0n) is 8.07. The van der Waals surface area contributed by atoms with Gasteiger partial charge in [-0.25, -0.2) is 0 Å². The Morgan fingerprint density at radius 2 is 1.70 bits per heavy atom. The minimum Gasteiger partial charge on any atom is -0.657 e. The molecule has 1 fully saturated rings. The van der Waals surface area contributed by atoms with Gasteiger partial charge in [-0.3, -0.25) is 0 Å². The van der Waals surface area contributed by atoms with E-state index in [4.69, 9.17) is 0 Å². The largest absolute Gasteiger partial charge is 1.00 e. The third-order valence-corrected chi connectivity index (χ3v) is 1.49. The molecular weight excluding hydrogens is 149 g/mol. The van der Waals surface area contributed by atoms with E-state index in [2.05, 4.69) is 19.2 Å². The second kappa shape index (κ2) is 7.26. The monoisotopic (exact) mass is 167 g/mol. The predicted octanol–water partition coefficient (Wildman–Crippen LogP) is -0.0373. The molecule has 1 nitrogen and oxygen atoms in total. The Morgan fingerprint density at radius 1 is 1.20 bits per heavy atom. The molecule has 56 valence electrons. The van der Waals surface area contributed by atoms with E-state index in [1.807, 2.05) is 13.8 Å². The maximum Gasteiger partial charge on any atom is 1.00 e. The SMILES string of the molecule is CC.CC1(C)CCC[N-]1.[K+]. The maximum absolute atomic E-state index is 4.37. The van der Waals surface area contributed by atoms with Crippen LogP contribution in [0.25, 0.3) is 5.32 Å². The summed E-state index contributed by atoms with van der Waals surface area (Å²) in [7, 11) is 0. The third-order valence-electron chi connectivity index (χ3n) is 1.49. The second-order valence-electron chi connectivity index (χ2n) is 2.80. The van der Waals surface area contributed by atoms with Crippen molar-refractivity contribution >= 4 is 0 Å². The van der Waals surface area contributed by atoms with Crippen molar-refractivity contribution in [2.45, 2.75) is 46.1 Å². The van der Waals surface area contributed by atoms with E-state index < -0.39 is 0 Å². The summed E-state index contributed by atoms with van der Waals surface area (Å²) in [5.41, 5.74) is 0.319. The quantitative estimate of drug-likeness (QED) is 0.450. The molecule has 0 aromatic carbocycles. The van der Waals surface area contributed by atoms with E-state index in [9.17, 15) is 0 Å². The van der Waals surface area contributed by atoms with Crippen LogP contribution in [0, 0.1) is 0 Å². The average Bonchev–Trinajstić information content (AvgIpc) is 2.19. The van der Waals surface area contributed by atoms with E-state index in [0.717, 1.165) is 6.54 Å². The Hall–Kier alpha value is 1.60. The molecule has 0 aromatic heterocycles. The van der Waals surface area contributed by atoms with Gasteiger partial charge in [0.25, 0.3) is 0 Å². The Labute approximate surface area is 108 Å². The molecule has 0 radical (unpaired) electrons. The van der Waals surface area contributed by atoms with Gasteiger partial charge in [0.15, 0.2) is 0 Å². The Bertz CT molecular complexity index is 63.7. The van der Waals surface area contributed by atoms with Gasteiger partial charge in [-0.05, 0) is 0 Å². The van der Waals surface area contributed by atoms with Gasteiger partial charge in [0, 0.05) is 0 Å². The van der Waals surface area contributed by atoms with Crippen molar-refractivity contribution in [1.29, 1.82) is 0 Å². The summed E-state index contributed by atoms with van der Waals surface area (Å²) in [5, 5.41) is 4.37. The van der Waals surface area contributed by atoms with Crippen LogP contribution in [-0.2, 0) is 0 Å². The molecule has 0 unspecified atom stereocenters. The first-order valence-corrected chi connectivity index (χ1v) is 3.89. The fourth-order valence-corrected chi connectivity index (χ4v) is 0.972. The molecule has 1 saturated heterocycles. The van der Waals surface area contributed by atoms with Gasteiger partial charge < -0.3 is 5.32 Å². The number of hydrogen-bond donors (Lipinski definition) is 0. The number of rotatable bonds is 0. The molecule has 0 saturated carbocycles. The molecule has 0 atom stereocenters.